The first-order valence-electron chi connectivity index (χ1n) is 5.05. The van der Waals surface area contributed by atoms with E-state index in [2.05, 4.69) is 4.99 Å². The van der Waals surface area contributed by atoms with Crippen molar-refractivity contribution in [3.63, 3.8) is 0 Å². The molecule has 0 bridgehead atoms. The summed E-state index contributed by atoms with van der Waals surface area (Å²) in [5.41, 5.74) is 7.74. The molecule has 0 spiro atoms. The fourth-order valence-corrected chi connectivity index (χ4v) is 1.66. The zero-order valence-electron chi connectivity index (χ0n) is 8.97. The molecule has 0 unspecified atom stereocenters. The molecule has 0 fully saturated rings. The maximum Gasteiger partial charge on any atom is 0.139 e. The van der Waals surface area contributed by atoms with Gasteiger partial charge in [0.15, 0.2) is 0 Å². The van der Waals surface area contributed by atoms with E-state index in [1.807, 2.05) is 18.2 Å². The molecule has 86 valence electrons. The molecule has 0 heterocycles. The predicted octanol–water partition coefficient (Wildman–Crippen LogP) is 3.29. The zero-order valence-corrected chi connectivity index (χ0v) is 9.72. The molecule has 3 N–H and O–H groups in total. The van der Waals surface area contributed by atoms with E-state index in [-0.39, 0.29) is 5.75 Å². The molecule has 4 heteroatoms. The molecule has 0 radical (unpaired) electrons. The van der Waals surface area contributed by atoms with Crippen LogP contribution in [0.3, 0.4) is 0 Å². The molecular weight excluding hydrogens is 236 g/mol. The van der Waals surface area contributed by atoms with E-state index < -0.39 is 0 Å². The van der Waals surface area contributed by atoms with Crippen LogP contribution in [0.4, 0.5) is 11.4 Å². The topological polar surface area (TPSA) is 58.6 Å². The summed E-state index contributed by atoms with van der Waals surface area (Å²) in [6, 6.07) is 13.7. The van der Waals surface area contributed by atoms with Gasteiger partial charge in [-0.15, -0.1) is 0 Å². The molecule has 2 aromatic carbocycles. The molecular formula is C13H11ClN2O. The Balaban J connectivity index is 2.34. The molecule has 0 saturated heterocycles. The lowest BCUT2D eigenvalue weighted by Crippen LogP contribution is -1.97. The van der Waals surface area contributed by atoms with Gasteiger partial charge < -0.3 is 10.8 Å². The highest BCUT2D eigenvalue weighted by Gasteiger charge is 2.03. The largest absolute Gasteiger partial charge is 0.508 e. The van der Waals surface area contributed by atoms with Gasteiger partial charge in [-0.1, -0.05) is 23.7 Å². The normalized spacial score (nSPS) is 11.5. The number of nitrogens with two attached hydrogens (primary N) is 1. The molecule has 0 atom stereocenters. The first-order chi connectivity index (χ1) is 8.16. The van der Waals surface area contributed by atoms with E-state index in [4.69, 9.17) is 22.4 Å². The summed E-state index contributed by atoms with van der Waals surface area (Å²) in [6.45, 7) is 0. The predicted molar refractivity (Wildman–Crippen MR) is 71.0 cm³/mol. The van der Waals surface area contributed by atoms with E-state index in [1.165, 1.54) is 0 Å². The van der Waals surface area contributed by atoms with Gasteiger partial charge in [0.1, 0.15) is 10.9 Å². The van der Waals surface area contributed by atoms with Gasteiger partial charge in [0.25, 0.3) is 0 Å². The van der Waals surface area contributed by atoms with Gasteiger partial charge in [-0.05, 0) is 36.4 Å². The maximum absolute atomic E-state index is 9.15. The lowest BCUT2D eigenvalue weighted by atomic mass is 10.2. The number of para-hydroxylation sites is 1. The van der Waals surface area contributed by atoms with Crippen LogP contribution in [0.15, 0.2) is 53.5 Å². The summed E-state index contributed by atoms with van der Waals surface area (Å²) in [5.74, 6) is 0.194. The third-order valence-electron chi connectivity index (χ3n) is 2.26. The second kappa shape index (κ2) is 4.89. The van der Waals surface area contributed by atoms with Crippen LogP contribution in [0.1, 0.15) is 5.56 Å². The first-order valence-corrected chi connectivity index (χ1v) is 5.43. The van der Waals surface area contributed by atoms with Crippen LogP contribution in [-0.2, 0) is 0 Å². The lowest BCUT2D eigenvalue weighted by molar-refractivity contribution is 0.475. The molecule has 2 rings (SSSR count). The van der Waals surface area contributed by atoms with Crippen LogP contribution in [0, 0.1) is 0 Å². The third kappa shape index (κ3) is 2.77. The van der Waals surface area contributed by atoms with Gasteiger partial charge in [-0.3, -0.25) is 0 Å². The highest BCUT2D eigenvalue weighted by atomic mass is 35.5. The highest BCUT2D eigenvalue weighted by molar-refractivity contribution is 6.70. The Hall–Kier alpha value is -2.00. The van der Waals surface area contributed by atoms with E-state index in [0.29, 0.717) is 22.1 Å². The number of halogens is 1. The number of phenols is 1. The quantitative estimate of drug-likeness (QED) is 0.631. The van der Waals surface area contributed by atoms with Crippen LogP contribution in [0.2, 0.25) is 0 Å². The Morgan fingerprint density at radius 2 is 1.71 bits per heavy atom. The average Bonchev–Trinajstić information content (AvgIpc) is 2.32. The zero-order chi connectivity index (χ0) is 12.3. The highest BCUT2D eigenvalue weighted by Crippen LogP contribution is 2.21. The van der Waals surface area contributed by atoms with E-state index >= 15 is 0 Å². The Morgan fingerprint density at radius 3 is 2.35 bits per heavy atom. The van der Waals surface area contributed by atoms with Crippen molar-refractivity contribution in [2.45, 2.75) is 0 Å². The number of nitrogens with zero attached hydrogens (tertiary/aromatic N) is 1. The minimum absolute atomic E-state index is 0.194. The van der Waals surface area contributed by atoms with Crippen molar-refractivity contribution in [3.8, 4) is 5.75 Å². The molecule has 17 heavy (non-hydrogen) atoms. The fourth-order valence-electron chi connectivity index (χ4n) is 1.39. The summed E-state index contributed by atoms with van der Waals surface area (Å²) in [5, 5.41) is 9.48. The Labute approximate surface area is 104 Å². The first kappa shape index (κ1) is 11.5. The van der Waals surface area contributed by atoms with Gasteiger partial charge in [0, 0.05) is 11.3 Å². The summed E-state index contributed by atoms with van der Waals surface area (Å²) in [4.78, 5) is 4.22. The van der Waals surface area contributed by atoms with E-state index in [0.717, 1.165) is 0 Å². The van der Waals surface area contributed by atoms with Crippen molar-refractivity contribution in [2.24, 2.45) is 4.99 Å². The van der Waals surface area contributed by atoms with Crippen LogP contribution in [0.25, 0.3) is 0 Å². The number of aliphatic imine (C=N–C) groups is 1. The van der Waals surface area contributed by atoms with Crippen molar-refractivity contribution in [2.75, 3.05) is 5.73 Å². The molecule has 3 nitrogen and oxygen atoms in total. The van der Waals surface area contributed by atoms with Crippen molar-refractivity contribution in [3.05, 3.63) is 54.1 Å². The van der Waals surface area contributed by atoms with Gasteiger partial charge in [0.05, 0.1) is 5.69 Å². The average molecular weight is 247 g/mol. The SMILES string of the molecule is Nc1ccccc1C(Cl)=Nc1ccc(O)cc1. The number of hydrogen-bond donors (Lipinski definition) is 2. The summed E-state index contributed by atoms with van der Waals surface area (Å²) < 4.78 is 0. The molecule has 0 amide bonds. The summed E-state index contributed by atoms with van der Waals surface area (Å²) in [6.07, 6.45) is 0. The molecule has 0 aliphatic heterocycles. The number of hydrogen-bond acceptors (Lipinski definition) is 3. The number of nitrogen functional groups attached to an aromatic ring is 1. The van der Waals surface area contributed by atoms with Gasteiger partial charge in [-0.25, -0.2) is 4.99 Å². The van der Waals surface area contributed by atoms with Crippen LogP contribution in [-0.4, -0.2) is 10.3 Å². The smallest absolute Gasteiger partial charge is 0.139 e. The molecule has 0 saturated carbocycles. The maximum atomic E-state index is 9.15. The molecule has 0 aliphatic rings. The second-order valence-corrected chi connectivity index (χ2v) is 3.86. The van der Waals surface area contributed by atoms with E-state index in [9.17, 15) is 0 Å². The van der Waals surface area contributed by atoms with Crippen LogP contribution in [0.5, 0.6) is 5.75 Å². The summed E-state index contributed by atoms with van der Waals surface area (Å²) >= 11 is 6.09. The number of phenolic OH excluding ortho intramolecular Hbond substituents is 1. The third-order valence-corrected chi connectivity index (χ3v) is 2.55. The van der Waals surface area contributed by atoms with Crippen molar-refractivity contribution in [1.82, 2.24) is 0 Å². The minimum atomic E-state index is 0.194. The lowest BCUT2D eigenvalue weighted by Gasteiger charge is -2.02. The molecule has 0 aromatic heterocycles. The molecule has 0 aliphatic carbocycles. The van der Waals surface area contributed by atoms with Crippen molar-refractivity contribution < 1.29 is 5.11 Å². The van der Waals surface area contributed by atoms with Crippen LogP contribution >= 0.6 is 11.6 Å². The van der Waals surface area contributed by atoms with E-state index in [1.54, 1.807) is 30.3 Å². The Kier molecular flexibility index (Phi) is 3.30. The van der Waals surface area contributed by atoms with Crippen molar-refractivity contribution >= 4 is 28.1 Å². The summed E-state index contributed by atoms with van der Waals surface area (Å²) in [7, 11) is 0. The number of aromatic hydroxyl groups is 1. The Morgan fingerprint density at radius 1 is 1.06 bits per heavy atom. The van der Waals surface area contributed by atoms with Gasteiger partial charge in [-0.2, -0.15) is 0 Å². The Bertz CT molecular complexity index is 550. The standard InChI is InChI=1S/C13H11ClN2O/c14-13(11-3-1-2-4-12(11)15)16-9-5-7-10(17)8-6-9/h1-8,17H,15H2. The number of benzene rings is 2. The molecule has 2 aromatic rings. The number of rotatable bonds is 2. The fraction of sp³-hybridized carbons (Fsp3) is 0. The second-order valence-electron chi connectivity index (χ2n) is 3.51. The minimum Gasteiger partial charge on any atom is -0.508 e. The van der Waals surface area contributed by atoms with Gasteiger partial charge >= 0.3 is 0 Å². The number of anilines is 1. The monoisotopic (exact) mass is 246 g/mol. The van der Waals surface area contributed by atoms with Crippen LogP contribution < -0.4 is 5.73 Å². The van der Waals surface area contributed by atoms with Gasteiger partial charge in [0.2, 0.25) is 0 Å². The van der Waals surface area contributed by atoms with Crippen molar-refractivity contribution in [1.29, 1.82) is 0 Å².